The lowest BCUT2D eigenvalue weighted by Crippen LogP contribution is -2.36. The number of hydrogen-bond acceptors (Lipinski definition) is 9. The second kappa shape index (κ2) is 12.3. The molecule has 13 heteroatoms. The summed E-state index contributed by atoms with van der Waals surface area (Å²) < 4.78 is 43.1. The molecule has 0 amide bonds. The highest BCUT2D eigenvalue weighted by Crippen LogP contribution is 2.35. The van der Waals surface area contributed by atoms with Gasteiger partial charge in [0, 0.05) is 36.1 Å². The molecule has 0 bridgehead atoms. The van der Waals surface area contributed by atoms with E-state index in [4.69, 9.17) is 4.98 Å². The summed E-state index contributed by atoms with van der Waals surface area (Å²) in [4.78, 5) is 43.0. The molecule has 3 aromatic rings. The Kier molecular flexibility index (Phi) is 8.78. The second-order valence-electron chi connectivity index (χ2n) is 10.9. The number of rotatable bonds is 9. The van der Waals surface area contributed by atoms with Crippen molar-refractivity contribution in [3.05, 3.63) is 51.7 Å². The number of carbonyl (C=O) groups is 2. The Bertz CT molecular complexity index is 1440. The second-order valence-corrected chi connectivity index (χ2v) is 12.1. The maximum atomic E-state index is 13.2. The number of piperidine rings is 1. The van der Waals surface area contributed by atoms with Gasteiger partial charge < -0.3 is 14.7 Å². The molecule has 1 N–H and O–H groups in total. The number of benzene rings is 1. The van der Waals surface area contributed by atoms with E-state index in [9.17, 15) is 27.9 Å². The van der Waals surface area contributed by atoms with Gasteiger partial charge in [0.2, 0.25) is 0 Å². The Morgan fingerprint density at radius 1 is 1.10 bits per heavy atom. The molecule has 0 unspecified atom stereocenters. The average Bonchev–Trinajstić information content (AvgIpc) is 3.53. The number of carboxylic acids is 1. The first-order valence-electron chi connectivity index (χ1n) is 13.9. The molecule has 2 aliphatic rings. The van der Waals surface area contributed by atoms with Gasteiger partial charge in [-0.2, -0.15) is 0 Å². The van der Waals surface area contributed by atoms with Crippen LogP contribution in [-0.2, 0) is 17.8 Å². The lowest BCUT2D eigenvalue weighted by atomic mass is 9.97. The highest BCUT2D eigenvalue weighted by molar-refractivity contribution is 7.12. The molecule has 0 aliphatic carbocycles. The Labute approximate surface area is 245 Å². The third kappa shape index (κ3) is 7.24. The van der Waals surface area contributed by atoms with E-state index in [0.29, 0.717) is 66.2 Å². The zero-order chi connectivity index (χ0) is 30.0. The van der Waals surface area contributed by atoms with Gasteiger partial charge in [-0.05, 0) is 69.8 Å². The molecular weight excluding hydrogens is 571 g/mol. The zero-order valence-electron chi connectivity index (χ0n) is 23.4. The first kappa shape index (κ1) is 29.9. The highest BCUT2D eigenvalue weighted by Gasteiger charge is 2.32. The smallest absolute Gasteiger partial charge is 0.481 e. The zero-order valence-corrected chi connectivity index (χ0v) is 24.2. The Hall–Kier alpha value is -3.58. The average molecular weight is 604 g/mol. The fourth-order valence-electron chi connectivity index (χ4n) is 5.51. The Balaban J connectivity index is 1.35. The van der Waals surface area contributed by atoms with Crippen molar-refractivity contribution < 1.29 is 32.6 Å². The first-order chi connectivity index (χ1) is 19.9. The van der Waals surface area contributed by atoms with Crippen LogP contribution in [-0.4, -0.2) is 68.7 Å². The van der Waals surface area contributed by atoms with E-state index in [1.54, 1.807) is 13.0 Å². The summed E-state index contributed by atoms with van der Waals surface area (Å²) in [5.74, 6) is -1.15. The van der Waals surface area contributed by atoms with Crippen molar-refractivity contribution in [2.45, 2.75) is 64.9 Å². The molecule has 0 spiro atoms. The van der Waals surface area contributed by atoms with E-state index in [0.717, 1.165) is 24.3 Å². The van der Waals surface area contributed by atoms with Gasteiger partial charge in [0.15, 0.2) is 5.78 Å². The van der Waals surface area contributed by atoms with Crippen LogP contribution in [0.3, 0.4) is 0 Å². The van der Waals surface area contributed by atoms with Crippen molar-refractivity contribution in [2.75, 3.05) is 24.5 Å². The lowest BCUT2D eigenvalue weighted by molar-refractivity contribution is -0.274. The predicted molar refractivity (Wildman–Crippen MR) is 151 cm³/mol. The van der Waals surface area contributed by atoms with E-state index in [2.05, 4.69) is 26.5 Å². The number of aliphatic carboxylic acids is 1. The number of hydrogen-bond donors (Lipinski definition) is 1. The predicted octanol–water partition coefficient (Wildman–Crippen LogP) is 5.52. The summed E-state index contributed by atoms with van der Waals surface area (Å²) in [7, 11) is 0. The summed E-state index contributed by atoms with van der Waals surface area (Å²) in [5, 5.41) is 9.75. The molecule has 2 aliphatic heterocycles. The van der Waals surface area contributed by atoms with Gasteiger partial charge in [0.05, 0.1) is 30.4 Å². The summed E-state index contributed by atoms with van der Waals surface area (Å²) in [6.07, 6.45) is 1.29. The number of ketones is 1. The number of ether oxygens (including phenoxy) is 1. The maximum absolute atomic E-state index is 13.2. The van der Waals surface area contributed by atoms with Crippen molar-refractivity contribution in [3.8, 4) is 17.0 Å². The van der Waals surface area contributed by atoms with E-state index in [1.165, 1.54) is 35.9 Å². The quantitative estimate of drug-likeness (QED) is 0.317. The molecule has 2 aromatic heterocycles. The third-order valence-electron chi connectivity index (χ3n) is 7.74. The van der Waals surface area contributed by atoms with E-state index < -0.39 is 12.3 Å². The normalized spacial score (nSPS) is 18.4. The fraction of sp³-hybridized carbons (Fsp3) is 0.483. The van der Waals surface area contributed by atoms with Gasteiger partial charge in [0.25, 0.3) is 0 Å². The first-order valence-corrected chi connectivity index (χ1v) is 14.7. The number of Topliss-reactive ketones (excluding diaryl/α,β-unsaturated/α-hetero) is 1. The number of anilines is 1. The molecule has 1 aromatic carbocycles. The minimum atomic E-state index is -4.82. The van der Waals surface area contributed by atoms with Crippen LogP contribution in [0.4, 0.5) is 19.0 Å². The largest absolute Gasteiger partial charge is 0.573 e. The molecule has 0 radical (unpaired) electrons. The SMILES string of the molecule is Cc1cc(OC(F)(F)F)cc(-c2nc(CC(=O)c3cnc(N4CCC(C(=O)O)CC4)cn3)sc2CN2CCC[C@H]2C)c1. The molecular formula is C29H32F3N5O4S. The van der Waals surface area contributed by atoms with Crippen LogP contribution >= 0.6 is 11.3 Å². The number of likely N-dealkylation sites (tertiary alicyclic amines) is 1. The van der Waals surface area contributed by atoms with Crippen molar-refractivity contribution in [2.24, 2.45) is 5.92 Å². The number of alkyl halides is 3. The molecule has 42 heavy (non-hydrogen) atoms. The van der Waals surface area contributed by atoms with E-state index in [-0.39, 0.29) is 29.6 Å². The number of halogens is 3. The van der Waals surface area contributed by atoms with Gasteiger partial charge in [-0.25, -0.2) is 15.0 Å². The molecule has 1 atom stereocenters. The minimum absolute atomic E-state index is 0.0248. The van der Waals surface area contributed by atoms with Crippen molar-refractivity contribution >= 4 is 28.9 Å². The van der Waals surface area contributed by atoms with Crippen molar-refractivity contribution in [1.82, 2.24) is 19.9 Å². The topological polar surface area (TPSA) is 109 Å². The number of carboxylic acid groups (broad SMARTS) is 1. The van der Waals surface area contributed by atoms with Gasteiger partial charge in [-0.3, -0.25) is 14.5 Å². The van der Waals surface area contributed by atoms with Crippen LogP contribution in [0.1, 0.15) is 58.5 Å². The standard InChI is InChI=1S/C29H32F3N5O4S/c1-17-10-20(12-21(11-17)41-29(30,31)32)27-24(16-37-7-3-4-18(37)2)42-26(35-27)13-23(38)22-14-34-25(15-33-22)36-8-5-19(6-9-36)28(39)40/h10-12,14-15,18-19H,3-9,13,16H2,1-2H3,(H,39,40)/t18-/m1/s1. The highest BCUT2D eigenvalue weighted by atomic mass is 32.1. The Morgan fingerprint density at radius 3 is 2.48 bits per heavy atom. The van der Waals surface area contributed by atoms with Crippen LogP contribution in [0.2, 0.25) is 0 Å². The summed E-state index contributed by atoms with van der Waals surface area (Å²) in [6, 6.07) is 4.80. The number of carbonyl (C=O) groups excluding carboxylic acids is 1. The lowest BCUT2D eigenvalue weighted by Gasteiger charge is -2.30. The van der Waals surface area contributed by atoms with Crippen LogP contribution in [0, 0.1) is 12.8 Å². The number of aryl methyl sites for hydroxylation is 1. The number of thiazole rings is 1. The molecule has 0 saturated carbocycles. The monoisotopic (exact) mass is 603 g/mol. The van der Waals surface area contributed by atoms with Crippen LogP contribution in [0.15, 0.2) is 30.6 Å². The van der Waals surface area contributed by atoms with E-state index in [1.807, 2.05) is 4.90 Å². The molecule has 4 heterocycles. The van der Waals surface area contributed by atoms with Crippen molar-refractivity contribution in [1.29, 1.82) is 0 Å². The molecule has 5 rings (SSSR count). The van der Waals surface area contributed by atoms with Crippen LogP contribution < -0.4 is 9.64 Å². The molecule has 224 valence electrons. The molecule has 2 fully saturated rings. The number of aromatic nitrogens is 3. The molecule has 9 nitrogen and oxygen atoms in total. The van der Waals surface area contributed by atoms with Crippen LogP contribution in [0.25, 0.3) is 11.3 Å². The maximum Gasteiger partial charge on any atom is 0.573 e. The molecule has 2 saturated heterocycles. The van der Waals surface area contributed by atoms with Crippen molar-refractivity contribution in [3.63, 3.8) is 0 Å². The van der Waals surface area contributed by atoms with Gasteiger partial charge in [-0.1, -0.05) is 0 Å². The van der Waals surface area contributed by atoms with E-state index >= 15 is 0 Å². The third-order valence-corrected chi connectivity index (χ3v) is 8.78. The Morgan fingerprint density at radius 2 is 1.86 bits per heavy atom. The van der Waals surface area contributed by atoms with Gasteiger partial charge >= 0.3 is 12.3 Å². The fourth-order valence-corrected chi connectivity index (χ4v) is 6.63. The number of nitrogens with zero attached hydrogens (tertiary/aromatic N) is 5. The van der Waals surface area contributed by atoms with Gasteiger partial charge in [-0.15, -0.1) is 24.5 Å². The summed E-state index contributed by atoms with van der Waals surface area (Å²) in [5.41, 5.74) is 1.83. The summed E-state index contributed by atoms with van der Waals surface area (Å²) >= 11 is 1.38. The minimum Gasteiger partial charge on any atom is -0.481 e. The summed E-state index contributed by atoms with van der Waals surface area (Å²) in [6.45, 7) is 6.44. The van der Waals surface area contributed by atoms with Crippen LogP contribution in [0.5, 0.6) is 5.75 Å². The van der Waals surface area contributed by atoms with Gasteiger partial charge in [0.1, 0.15) is 22.3 Å².